The molecule has 2 aromatic carbocycles. The summed E-state index contributed by atoms with van der Waals surface area (Å²) in [5.74, 6) is 0.177. The number of anilines is 1. The number of carbonyl (C=O) groups is 1. The average Bonchev–Trinajstić information content (AvgIpc) is 3.33. The van der Waals surface area contributed by atoms with E-state index in [1.165, 1.54) is 17.3 Å². The minimum absolute atomic E-state index is 0.0843. The lowest BCUT2D eigenvalue weighted by molar-refractivity contribution is -0.113. The number of benzene rings is 2. The van der Waals surface area contributed by atoms with Crippen molar-refractivity contribution in [1.29, 1.82) is 0 Å². The number of nitrogens with zero attached hydrogens (tertiary/aromatic N) is 4. The van der Waals surface area contributed by atoms with Crippen LogP contribution < -0.4 is 5.32 Å². The van der Waals surface area contributed by atoms with Crippen LogP contribution in [0.2, 0.25) is 0 Å². The lowest BCUT2D eigenvalue weighted by Crippen LogP contribution is -2.15. The van der Waals surface area contributed by atoms with E-state index in [1.54, 1.807) is 6.20 Å². The molecule has 31 heavy (non-hydrogen) atoms. The predicted octanol–water partition coefficient (Wildman–Crippen LogP) is 5.02. The molecule has 2 heterocycles. The Kier molecular flexibility index (Phi) is 5.95. The molecule has 0 aliphatic heterocycles. The van der Waals surface area contributed by atoms with Gasteiger partial charge < -0.3 is 5.32 Å². The van der Waals surface area contributed by atoms with Crippen molar-refractivity contribution in [2.24, 2.45) is 0 Å². The zero-order valence-corrected chi connectivity index (χ0v) is 18.9. The Labute approximate surface area is 186 Å². The maximum atomic E-state index is 12.7. The van der Waals surface area contributed by atoms with E-state index in [0.717, 1.165) is 39.2 Å². The topological polar surface area (TPSA) is 64.7 Å². The van der Waals surface area contributed by atoms with Crippen molar-refractivity contribution in [3.05, 3.63) is 83.4 Å². The maximum Gasteiger partial charge on any atom is 0.234 e. The van der Waals surface area contributed by atoms with E-state index in [1.807, 2.05) is 59.6 Å². The Hall–Kier alpha value is -3.32. The zero-order valence-electron chi connectivity index (χ0n) is 18.1. The van der Waals surface area contributed by atoms with Gasteiger partial charge >= 0.3 is 0 Å². The number of rotatable bonds is 6. The highest BCUT2D eigenvalue weighted by Crippen LogP contribution is 2.25. The molecular weight excluding hydrogens is 406 g/mol. The molecule has 0 unspecified atom stereocenters. The summed E-state index contributed by atoms with van der Waals surface area (Å²) in [6.45, 7) is 7.99. The highest BCUT2D eigenvalue weighted by atomic mass is 32.2. The van der Waals surface area contributed by atoms with Gasteiger partial charge in [0.2, 0.25) is 5.91 Å². The molecule has 0 atom stereocenters. The van der Waals surface area contributed by atoms with Gasteiger partial charge in [0.25, 0.3) is 0 Å². The van der Waals surface area contributed by atoms with Crippen LogP contribution in [0, 0.1) is 27.7 Å². The van der Waals surface area contributed by atoms with E-state index in [9.17, 15) is 4.79 Å². The van der Waals surface area contributed by atoms with Gasteiger partial charge in [0.1, 0.15) is 0 Å². The molecular formula is C24H25N5OS. The van der Waals surface area contributed by atoms with Crippen molar-refractivity contribution in [1.82, 2.24) is 19.3 Å². The predicted molar refractivity (Wildman–Crippen MR) is 125 cm³/mol. The number of hydrogen-bond acceptors (Lipinski definition) is 4. The van der Waals surface area contributed by atoms with Crippen molar-refractivity contribution in [3.63, 3.8) is 0 Å². The first kappa shape index (κ1) is 20.9. The number of thioether (sulfide) groups is 1. The molecule has 6 nitrogen and oxygen atoms in total. The molecule has 0 bridgehead atoms. The SMILES string of the molecule is Cc1ccc(-n2nc(C)c(NC(=O)CSc3nccn3-c3ccccc3C)c2C)cc1. The summed E-state index contributed by atoms with van der Waals surface area (Å²) in [6, 6.07) is 16.3. The number of nitrogens with one attached hydrogen (secondary N) is 1. The zero-order chi connectivity index (χ0) is 22.0. The largest absolute Gasteiger partial charge is 0.322 e. The molecule has 0 spiro atoms. The number of carbonyl (C=O) groups excluding carboxylic acids is 1. The van der Waals surface area contributed by atoms with Gasteiger partial charge in [-0.15, -0.1) is 0 Å². The minimum Gasteiger partial charge on any atom is -0.322 e. The van der Waals surface area contributed by atoms with Crippen LogP contribution in [-0.2, 0) is 4.79 Å². The summed E-state index contributed by atoms with van der Waals surface area (Å²) < 4.78 is 3.88. The van der Waals surface area contributed by atoms with Gasteiger partial charge in [-0.3, -0.25) is 9.36 Å². The smallest absolute Gasteiger partial charge is 0.234 e. The minimum atomic E-state index is -0.0843. The molecule has 0 aliphatic rings. The van der Waals surface area contributed by atoms with Gasteiger partial charge in [-0.05, 0) is 51.5 Å². The van der Waals surface area contributed by atoms with Crippen LogP contribution in [0.25, 0.3) is 11.4 Å². The molecule has 0 fully saturated rings. The lowest BCUT2D eigenvalue weighted by Gasteiger charge is -2.10. The van der Waals surface area contributed by atoms with E-state index in [4.69, 9.17) is 0 Å². The molecule has 0 saturated heterocycles. The molecule has 0 aliphatic carbocycles. The van der Waals surface area contributed by atoms with Crippen molar-refractivity contribution >= 4 is 23.4 Å². The Balaban J connectivity index is 1.47. The second-order valence-electron chi connectivity index (χ2n) is 7.50. The van der Waals surface area contributed by atoms with Gasteiger partial charge in [0.15, 0.2) is 5.16 Å². The average molecular weight is 432 g/mol. The van der Waals surface area contributed by atoms with Gasteiger partial charge in [0.05, 0.1) is 34.2 Å². The summed E-state index contributed by atoms with van der Waals surface area (Å²) in [5, 5.41) is 8.43. The van der Waals surface area contributed by atoms with Crippen LogP contribution in [0.5, 0.6) is 0 Å². The van der Waals surface area contributed by atoms with Crippen molar-refractivity contribution < 1.29 is 4.79 Å². The molecule has 0 radical (unpaired) electrons. The van der Waals surface area contributed by atoms with E-state index in [2.05, 4.69) is 47.4 Å². The second kappa shape index (κ2) is 8.81. The fraction of sp³-hybridized carbons (Fsp3) is 0.208. The molecule has 2 aromatic heterocycles. The van der Waals surface area contributed by atoms with Crippen LogP contribution >= 0.6 is 11.8 Å². The molecule has 7 heteroatoms. The first-order valence-electron chi connectivity index (χ1n) is 10.1. The molecule has 4 rings (SSSR count). The van der Waals surface area contributed by atoms with Crippen LogP contribution in [0.3, 0.4) is 0 Å². The third-order valence-corrected chi connectivity index (χ3v) is 6.12. The monoisotopic (exact) mass is 431 g/mol. The number of hydrogen-bond donors (Lipinski definition) is 1. The van der Waals surface area contributed by atoms with E-state index < -0.39 is 0 Å². The second-order valence-corrected chi connectivity index (χ2v) is 8.44. The first-order chi connectivity index (χ1) is 14.9. The molecule has 1 amide bonds. The van der Waals surface area contributed by atoms with Gasteiger partial charge in [0, 0.05) is 12.4 Å². The van der Waals surface area contributed by atoms with E-state index >= 15 is 0 Å². The maximum absolute atomic E-state index is 12.7. The fourth-order valence-corrected chi connectivity index (χ4v) is 4.25. The highest BCUT2D eigenvalue weighted by Gasteiger charge is 2.16. The number of imidazole rings is 1. The normalized spacial score (nSPS) is 11.0. The van der Waals surface area contributed by atoms with Crippen molar-refractivity contribution in [3.8, 4) is 11.4 Å². The van der Waals surface area contributed by atoms with E-state index in [-0.39, 0.29) is 11.7 Å². The van der Waals surface area contributed by atoms with Gasteiger partial charge in [-0.1, -0.05) is 47.7 Å². The summed E-state index contributed by atoms with van der Waals surface area (Å²) in [4.78, 5) is 17.1. The van der Waals surface area contributed by atoms with Crippen LogP contribution in [0.15, 0.2) is 66.1 Å². The molecule has 158 valence electrons. The summed E-state index contributed by atoms with van der Waals surface area (Å²) in [5.41, 5.74) is 6.84. The number of amides is 1. The third kappa shape index (κ3) is 4.41. The third-order valence-electron chi connectivity index (χ3n) is 5.15. The molecule has 0 saturated carbocycles. The summed E-state index contributed by atoms with van der Waals surface area (Å²) in [7, 11) is 0. The first-order valence-corrected chi connectivity index (χ1v) is 11.1. The number of aromatic nitrogens is 4. The number of aryl methyl sites for hydroxylation is 3. The van der Waals surface area contributed by atoms with Gasteiger partial charge in [-0.25, -0.2) is 9.67 Å². The van der Waals surface area contributed by atoms with Crippen LogP contribution in [0.1, 0.15) is 22.5 Å². The van der Waals surface area contributed by atoms with Gasteiger partial charge in [-0.2, -0.15) is 5.10 Å². The number of para-hydroxylation sites is 1. The Bertz CT molecular complexity index is 1220. The Morgan fingerprint density at radius 2 is 1.77 bits per heavy atom. The van der Waals surface area contributed by atoms with E-state index in [0.29, 0.717) is 0 Å². The standard InChI is InChI=1S/C24H25N5OS/c1-16-9-11-20(12-10-16)29-19(4)23(18(3)27-29)26-22(30)15-31-24-25-13-14-28(24)21-8-6-5-7-17(21)2/h5-14H,15H2,1-4H3,(H,26,30). The van der Waals surface area contributed by atoms with Crippen LogP contribution in [-0.4, -0.2) is 31.0 Å². The van der Waals surface area contributed by atoms with Crippen LogP contribution in [0.4, 0.5) is 5.69 Å². The van der Waals surface area contributed by atoms with Crippen molar-refractivity contribution in [2.45, 2.75) is 32.9 Å². The highest BCUT2D eigenvalue weighted by molar-refractivity contribution is 7.99. The lowest BCUT2D eigenvalue weighted by atomic mass is 10.2. The quantitative estimate of drug-likeness (QED) is 0.435. The Morgan fingerprint density at radius 3 is 2.52 bits per heavy atom. The molecule has 1 N–H and O–H groups in total. The summed E-state index contributed by atoms with van der Waals surface area (Å²) in [6.07, 6.45) is 3.68. The fourth-order valence-electron chi connectivity index (χ4n) is 3.48. The molecule has 4 aromatic rings. The Morgan fingerprint density at radius 1 is 1.03 bits per heavy atom. The summed E-state index contributed by atoms with van der Waals surface area (Å²) >= 11 is 1.41. The van der Waals surface area contributed by atoms with Crippen molar-refractivity contribution in [2.75, 3.05) is 11.1 Å².